The third kappa shape index (κ3) is 4.91. The molecule has 110 valence electrons. The minimum Gasteiger partial charge on any atom is -0.480 e. The quantitative estimate of drug-likeness (QED) is 0.796. The Morgan fingerprint density at radius 3 is 2.30 bits per heavy atom. The molecule has 1 aromatic rings. The number of rotatable bonds is 7. The van der Waals surface area contributed by atoms with Crippen molar-refractivity contribution in [2.75, 3.05) is 19.0 Å². The molecule has 0 radical (unpaired) electrons. The van der Waals surface area contributed by atoms with Crippen LogP contribution < -0.4 is 10.2 Å². The number of carboxylic acids is 1. The number of carbonyl (C=O) groups is 2. The van der Waals surface area contributed by atoms with Crippen molar-refractivity contribution < 1.29 is 14.7 Å². The van der Waals surface area contributed by atoms with Gasteiger partial charge in [-0.05, 0) is 30.5 Å². The van der Waals surface area contributed by atoms with Gasteiger partial charge < -0.3 is 15.3 Å². The number of benzene rings is 1. The second-order valence-corrected chi connectivity index (χ2v) is 4.93. The first kappa shape index (κ1) is 16.0. The molecule has 0 aliphatic rings. The van der Waals surface area contributed by atoms with Gasteiger partial charge in [0.1, 0.15) is 6.04 Å². The van der Waals surface area contributed by atoms with Crippen molar-refractivity contribution in [3.8, 4) is 0 Å². The van der Waals surface area contributed by atoms with E-state index in [1.807, 2.05) is 43.3 Å². The van der Waals surface area contributed by atoms with Crippen LogP contribution in [0.1, 0.15) is 25.3 Å². The molecular weight excluding hydrogens is 256 g/mol. The molecule has 1 atom stereocenters. The number of amides is 1. The van der Waals surface area contributed by atoms with Crippen molar-refractivity contribution in [2.24, 2.45) is 0 Å². The Morgan fingerprint density at radius 1 is 1.25 bits per heavy atom. The van der Waals surface area contributed by atoms with Gasteiger partial charge in [0, 0.05) is 26.2 Å². The maximum absolute atomic E-state index is 11.7. The van der Waals surface area contributed by atoms with Crippen LogP contribution in [-0.4, -0.2) is 37.1 Å². The van der Waals surface area contributed by atoms with Crippen LogP contribution in [0, 0.1) is 0 Å². The molecule has 20 heavy (non-hydrogen) atoms. The third-order valence-electron chi connectivity index (χ3n) is 3.14. The highest BCUT2D eigenvalue weighted by Crippen LogP contribution is 2.13. The number of nitrogens with zero attached hydrogens (tertiary/aromatic N) is 1. The Bertz CT molecular complexity index is 455. The molecule has 0 aliphatic heterocycles. The standard InChI is InChI=1S/C15H22N2O3/c1-4-13(15(19)20)16-14(18)10-7-11-5-8-12(9-6-11)17(2)3/h5-6,8-9,13H,4,7,10H2,1-3H3,(H,16,18)(H,19,20)/t13-/m1/s1. The molecule has 0 heterocycles. The zero-order valence-electron chi connectivity index (χ0n) is 12.2. The zero-order valence-corrected chi connectivity index (χ0v) is 12.2. The van der Waals surface area contributed by atoms with E-state index in [2.05, 4.69) is 5.32 Å². The van der Waals surface area contributed by atoms with Crippen molar-refractivity contribution in [1.29, 1.82) is 0 Å². The van der Waals surface area contributed by atoms with Crippen LogP contribution in [0.25, 0.3) is 0 Å². The summed E-state index contributed by atoms with van der Waals surface area (Å²) in [5.41, 5.74) is 2.17. The number of carbonyl (C=O) groups excluding carboxylic acids is 1. The fourth-order valence-electron chi connectivity index (χ4n) is 1.82. The van der Waals surface area contributed by atoms with E-state index in [9.17, 15) is 9.59 Å². The van der Waals surface area contributed by atoms with Crippen molar-refractivity contribution in [1.82, 2.24) is 5.32 Å². The number of carboxylic acid groups (broad SMARTS) is 1. The van der Waals surface area contributed by atoms with E-state index in [1.165, 1.54) is 0 Å². The second kappa shape index (κ2) is 7.53. The topological polar surface area (TPSA) is 69.6 Å². The van der Waals surface area contributed by atoms with E-state index in [1.54, 1.807) is 6.92 Å². The average Bonchev–Trinajstić information content (AvgIpc) is 2.42. The van der Waals surface area contributed by atoms with Crippen molar-refractivity contribution in [3.63, 3.8) is 0 Å². The summed E-state index contributed by atoms with van der Waals surface area (Å²) in [7, 11) is 3.94. The molecule has 1 aromatic carbocycles. The smallest absolute Gasteiger partial charge is 0.326 e. The molecule has 2 N–H and O–H groups in total. The summed E-state index contributed by atoms with van der Waals surface area (Å²) < 4.78 is 0. The van der Waals surface area contributed by atoms with Crippen LogP contribution in [0.5, 0.6) is 0 Å². The normalized spacial score (nSPS) is 11.8. The molecule has 0 saturated heterocycles. The molecule has 0 spiro atoms. The first-order chi connectivity index (χ1) is 9.43. The van der Waals surface area contributed by atoms with Crippen LogP contribution in [0.15, 0.2) is 24.3 Å². The molecule has 0 fully saturated rings. The minimum absolute atomic E-state index is 0.226. The van der Waals surface area contributed by atoms with Crippen LogP contribution in [0.2, 0.25) is 0 Å². The fraction of sp³-hybridized carbons (Fsp3) is 0.467. The summed E-state index contributed by atoms with van der Waals surface area (Å²) in [5.74, 6) is -1.22. The molecule has 0 saturated carbocycles. The monoisotopic (exact) mass is 278 g/mol. The molecular formula is C15H22N2O3. The van der Waals surface area contributed by atoms with Crippen LogP contribution >= 0.6 is 0 Å². The highest BCUT2D eigenvalue weighted by molar-refractivity contribution is 5.83. The molecule has 0 unspecified atom stereocenters. The summed E-state index contributed by atoms with van der Waals surface area (Å²) in [6, 6.07) is 7.17. The van der Waals surface area contributed by atoms with Crippen molar-refractivity contribution in [3.05, 3.63) is 29.8 Å². The predicted octanol–water partition coefficient (Wildman–Crippen LogP) is 1.66. The highest BCUT2D eigenvalue weighted by atomic mass is 16.4. The average molecular weight is 278 g/mol. The lowest BCUT2D eigenvalue weighted by Gasteiger charge is -2.13. The van der Waals surface area contributed by atoms with E-state index in [0.717, 1.165) is 11.3 Å². The Hall–Kier alpha value is -2.04. The molecule has 0 aliphatic carbocycles. The Labute approximate surface area is 119 Å². The SMILES string of the molecule is CC[C@@H](NC(=O)CCc1ccc(N(C)C)cc1)C(=O)O. The number of aryl methyl sites for hydroxylation is 1. The third-order valence-corrected chi connectivity index (χ3v) is 3.14. The summed E-state index contributed by atoms with van der Waals surface area (Å²) in [6.07, 6.45) is 1.29. The van der Waals surface area contributed by atoms with Crippen LogP contribution in [-0.2, 0) is 16.0 Å². The predicted molar refractivity (Wildman–Crippen MR) is 78.9 cm³/mol. The lowest BCUT2D eigenvalue weighted by molar-refractivity contribution is -0.141. The van der Waals surface area contributed by atoms with Gasteiger partial charge in [0.15, 0.2) is 0 Å². The fourth-order valence-corrected chi connectivity index (χ4v) is 1.82. The largest absolute Gasteiger partial charge is 0.480 e. The summed E-state index contributed by atoms with van der Waals surface area (Å²) >= 11 is 0. The number of nitrogens with one attached hydrogen (secondary N) is 1. The van der Waals surface area contributed by atoms with Gasteiger partial charge in [-0.15, -0.1) is 0 Å². The zero-order chi connectivity index (χ0) is 15.1. The minimum atomic E-state index is -0.990. The van der Waals surface area contributed by atoms with Gasteiger partial charge in [0.2, 0.25) is 5.91 Å². The van der Waals surface area contributed by atoms with E-state index >= 15 is 0 Å². The van der Waals surface area contributed by atoms with Crippen LogP contribution in [0.3, 0.4) is 0 Å². The van der Waals surface area contributed by atoms with Gasteiger partial charge in [-0.2, -0.15) is 0 Å². The first-order valence-corrected chi connectivity index (χ1v) is 6.72. The molecule has 5 nitrogen and oxygen atoms in total. The molecule has 1 amide bonds. The Balaban J connectivity index is 2.46. The summed E-state index contributed by atoms with van der Waals surface area (Å²) in [5, 5.41) is 11.4. The maximum Gasteiger partial charge on any atom is 0.326 e. The van der Waals surface area contributed by atoms with E-state index in [-0.39, 0.29) is 5.91 Å². The highest BCUT2D eigenvalue weighted by Gasteiger charge is 2.17. The Kier molecular flexibility index (Phi) is 6.03. The van der Waals surface area contributed by atoms with E-state index in [0.29, 0.717) is 19.3 Å². The summed E-state index contributed by atoms with van der Waals surface area (Å²) in [4.78, 5) is 24.5. The lowest BCUT2D eigenvalue weighted by atomic mass is 10.1. The number of hydrogen-bond donors (Lipinski definition) is 2. The van der Waals surface area contributed by atoms with Gasteiger partial charge in [-0.25, -0.2) is 4.79 Å². The number of anilines is 1. The molecule has 5 heteroatoms. The van der Waals surface area contributed by atoms with Gasteiger partial charge in [0.05, 0.1) is 0 Å². The van der Waals surface area contributed by atoms with Gasteiger partial charge >= 0.3 is 5.97 Å². The first-order valence-electron chi connectivity index (χ1n) is 6.72. The number of hydrogen-bond acceptors (Lipinski definition) is 3. The van der Waals surface area contributed by atoms with Gasteiger partial charge in [-0.3, -0.25) is 4.79 Å². The Morgan fingerprint density at radius 2 is 1.85 bits per heavy atom. The van der Waals surface area contributed by atoms with Gasteiger partial charge in [-0.1, -0.05) is 19.1 Å². The number of aliphatic carboxylic acids is 1. The molecule has 1 rings (SSSR count). The lowest BCUT2D eigenvalue weighted by Crippen LogP contribution is -2.40. The summed E-state index contributed by atoms with van der Waals surface area (Å²) in [6.45, 7) is 1.74. The van der Waals surface area contributed by atoms with E-state index < -0.39 is 12.0 Å². The van der Waals surface area contributed by atoms with Crippen LogP contribution in [0.4, 0.5) is 5.69 Å². The van der Waals surface area contributed by atoms with Crippen molar-refractivity contribution >= 4 is 17.6 Å². The maximum atomic E-state index is 11.7. The second-order valence-electron chi connectivity index (χ2n) is 4.93. The molecule has 0 bridgehead atoms. The van der Waals surface area contributed by atoms with Gasteiger partial charge in [0.25, 0.3) is 0 Å². The van der Waals surface area contributed by atoms with E-state index in [4.69, 9.17) is 5.11 Å². The molecule has 0 aromatic heterocycles. The van der Waals surface area contributed by atoms with Crippen molar-refractivity contribution in [2.45, 2.75) is 32.2 Å².